The van der Waals surface area contributed by atoms with E-state index >= 15 is 0 Å². The van der Waals surface area contributed by atoms with Crippen LogP contribution in [0, 0.1) is 5.92 Å². The summed E-state index contributed by atoms with van der Waals surface area (Å²) in [5.41, 5.74) is 1.57. The molecule has 0 aromatic heterocycles. The summed E-state index contributed by atoms with van der Waals surface area (Å²) in [6, 6.07) is 0. The Morgan fingerprint density at radius 3 is 2.39 bits per heavy atom. The predicted molar refractivity (Wildman–Crippen MR) is 99.1 cm³/mol. The molecular weight excluding hydrogens is 304 g/mol. The van der Waals surface area contributed by atoms with Gasteiger partial charge in [-0.2, -0.15) is 0 Å². The van der Waals surface area contributed by atoms with Gasteiger partial charge in [-0.1, -0.05) is 32.4 Å². The number of carbonyl (C=O) groups is 1. The maximum Gasteiger partial charge on any atom is 0.305 e. The Balaban J connectivity index is 2.26. The van der Waals surface area contributed by atoms with Crippen molar-refractivity contribution in [3.05, 3.63) is 11.6 Å². The lowest BCUT2D eigenvalue weighted by atomic mass is 9.86. The molecule has 0 amide bonds. The number of rotatable bonds is 7. The Labute approximate surface area is 144 Å². The van der Waals surface area contributed by atoms with Gasteiger partial charge in [0.1, 0.15) is 0 Å². The van der Waals surface area contributed by atoms with Gasteiger partial charge in [0, 0.05) is 13.0 Å². The van der Waals surface area contributed by atoms with Gasteiger partial charge in [0.05, 0.1) is 7.11 Å². The number of unbranched alkanes of at least 4 members (excludes halogenated alkanes) is 1. The zero-order chi connectivity index (χ0) is 17.5. The Kier molecular flexibility index (Phi) is 8.02. The van der Waals surface area contributed by atoms with Gasteiger partial charge in [0.25, 0.3) is 0 Å². The summed E-state index contributed by atoms with van der Waals surface area (Å²) in [7, 11) is -0.152. The van der Waals surface area contributed by atoms with E-state index in [4.69, 9.17) is 4.43 Å². The first-order valence-electron chi connectivity index (χ1n) is 9.04. The first-order chi connectivity index (χ1) is 10.7. The summed E-state index contributed by atoms with van der Waals surface area (Å²) in [5.74, 6) is 0.617. The Morgan fingerprint density at radius 2 is 1.87 bits per heavy atom. The van der Waals surface area contributed by atoms with Gasteiger partial charge in [-0.25, -0.2) is 0 Å². The second-order valence-electron chi connectivity index (χ2n) is 8.35. The molecule has 1 aliphatic carbocycles. The van der Waals surface area contributed by atoms with Crippen molar-refractivity contribution in [2.45, 2.75) is 83.8 Å². The third-order valence-corrected chi connectivity index (χ3v) is 9.98. The fourth-order valence-corrected chi connectivity index (χ4v) is 3.70. The second kappa shape index (κ2) is 9.02. The number of hydrogen-bond acceptors (Lipinski definition) is 3. The molecule has 134 valence electrons. The number of ether oxygens (including phenoxy) is 1. The molecule has 0 saturated heterocycles. The number of methoxy groups -OCH3 is 1. The predicted octanol–water partition coefficient (Wildman–Crippen LogP) is 5.47. The highest BCUT2D eigenvalue weighted by Crippen LogP contribution is 2.38. The third-order valence-electron chi connectivity index (χ3n) is 5.48. The van der Waals surface area contributed by atoms with E-state index in [0.29, 0.717) is 11.5 Å². The maximum atomic E-state index is 11.1. The van der Waals surface area contributed by atoms with Gasteiger partial charge in [-0.05, 0) is 62.6 Å². The van der Waals surface area contributed by atoms with E-state index in [-0.39, 0.29) is 5.97 Å². The first kappa shape index (κ1) is 20.4. The zero-order valence-electron chi connectivity index (χ0n) is 16.0. The average molecular weight is 341 g/mol. The number of carbonyl (C=O) groups excluding carboxylic acids is 1. The maximum absolute atomic E-state index is 11.1. The van der Waals surface area contributed by atoms with Crippen LogP contribution in [0.15, 0.2) is 11.6 Å². The topological polar surface area (TPSA) is 35.5 Å². The highest BCUT2D eigenvalue weighted by Gasteiger charge is 2.37. The van der Waals surface area contributed by atoms with Gasteiger partial charge in [-0.15, -0.1) is 0 Å². The van der Waals surface area contributed by atoms with Gasteiger partial charge >= 0.3 is 5.97 Å². The van der Waals surface area contributed by atoms with Crippen molar-refractivity contribution >= 4 is 14.3 Å². The van der Waals surface area contributed by atoms with Crippen LogP contribution in [0.2, 0.25) is 18.1 Å². The van der Waals surface area contributed by atoms with Crippen molar-refractivity contribution in [2.24, 2.45) is 5.92 Å². The normalized spacial score (nSPS) is 19.6. The fraction of sp³-hybridized carbons (Fsp3) is 0.842. The molecule has 23 heavy (non-hydrogen) atoms. The SMILES string of the molecule is COC(=O)CCCC=C1CCC(CO[Si](C)(C)C(C)(C)C)CC1. The summed E-state index contributed by atoms with van der Waals surface area (Å²) in [6.07, 6.45) is 9.66. The molecule has 4 heteroatoms. The molecule has 0 radical (unpaired) electrons. The van der Waals surface area contributed by atoms with Crippen LogP contribution in [-0.2, 0) is 14.0 Å². The van der Waals surface area contributed by atoms with E-state index in [1.807, 2.05) is 0 Å². The van der Waals surface area contributed by atoms with E-state index < -0.39 is 8.32 Å². The molecule has 0 aromatic carbocycles. The molecule has 0 aromatic rings. The Bertz CT molecular complexity index is 397. The van der Waals surface area contributed by atoms with Crippen molar-refractivity contribution in [1.82, 2.24) is 0 Å². The van der Waals surface area contributed by atoms with E-state index in [2.05, 4.69) is 44.7 Å². The van der Waals surface area contributed by atoms with Crippen LogP contribution in [0.3, 0.4) is 0 Å². The monoisotopic (exact) mass is 340 g/mol. The highest BCUT2D eigenvalue weighted by atomic mass is 28.4. The lowest BCUT2D eigenvalue weighted by Gasteiger charge is -2.38. The summed E-state index contributed by atoms with van der Waals surface area (Å²) in [5, 5.41) is 0.298. The van der Waals surface area contributed by atoms with Crippen molar-refractivity contribution in [1.29, 1.82) is 0 Å². The lowest BCUT2D eigenvalue weighted by molar-refractivity contribution is -0.140. The minimum Gasteiger partial charge on any atom is -0.469 e. The highest BCUT2D eigenvalue weighted by molar-refractivity contribution is 6.74. The molecular formula is C19H36O3Si. The van der Waals surface area contributed by atoms with Crippen LogP contribution < -0.4 is 0 Å². The van der Waals surface area contributed by atoms with E-state index in [1.165, 1.54) is 32.8 Å². The standard InChI is InChI=1S/C19H36O3Si/c1-19(2,3)23(5,6)22-15-17-13-11-16(12-14-17)9-7-8-10-18(20)21-4/h9,17H,7-8,10-15H2,1-6H3. The molecule has 0 bridgehead atoms. The van der Waals surface area contributed by atoms with E-state index in [9.17, 15) is 4.79 Å². The Morgan fingerprint density at radius 1 is 1.26 bits per heavy atom. The molecule has 3 nitrogen and oxygen atoms in total. The number of allylic oxidation sites excluding steroid dienone is 2. The van der Waals surface area contributed by atoms with Gasteiger partial charge in [0.2, 0.25) is 0 Å². The minimum absolute atomic E-state index is 0.102. The molecule has 0 atom stereocenters. The first-order valence-corrected chi connectivity index (χ1v) is 11.9. The molecule has 0 aliphatic heterocycles. The van der Waals surface area contributed by atoms with Crippen LogP contribution in [0.25, 0.3) is 0 Å². The largest absolute Gasteiger partial charge is 0.469 e. The smallest absolute Gasteiger partial charge is 0.305 e. The van der Waals surface area contributed by atoms with Crippen molar-refractivity contribution < 1.29 is 14.0 Å². The summed E-state index contributed by atoms with van der Waals surface area (Å²) in [6.45, 7) is 12.5. The minimum atomic E-state index is -1.60. The quantitative estimate of drug-likeness (QED) is 0.267. The van der Waals surface area contributed by atoms with Gasteiger partial charge in [0.15, 0.2) is 8.32 Å². The molecule has 0 unspecified atom stereocenters. The van der Waals surface area contributed by atoms with Gasteiger partial charge < -0.3 is 9.16 Å². The summed E-state index contributed by atoms with van der Waals surface area (Å²) in [4.78, 5) is 11.1. The van der Waals surface area contributed by atoms with Crippen molar-refractivity contribution in [3.63, 3.8) is 0 Å². The molecule has 1 fully saturated rings. The van der Waals surface area contributed by atoms with E-state index in [0.717, 1.165) is 25.4 Å². The number of hydrogen-bond donors (Lipinski definition) is 0. The van der Waals surface area contributed by atoms with Crippen LogP contribution in [-0.4, -0.2) is 28.0 Å². The number of esters is 1. The van der Waals surface area contributed by atoms with Crippen LogP contribution in [0.4, 0.5) is 0 Å². The molecule has 1 rings (SSSR count). The Hall–Kier alpha value is -0.613. The molecule has 0 heterocycles. The van der Waals surface area contributed by atoms with Crippen LogP contribution >= 0.6 is 0 Å². The summed E-state index contributed by atoms with van der Waals surface area (Å²) < 4.78 is 11.0. The van der Waals surface area contributed by atoms with Gasteiger partial charge in [-0.3, -0.25) is 4.79 Å². The van der Waals surface area contributed by atoms with Crippen LogP contribution in [0.1, 0.15) is 65.7 Å². The van der Waals surface area contributed by atoms with Crippen molar-refractivity contribution in [3.8, 4) is 0 Å². The second-order valence-corrected chi connectivity index (χ2v) is 13.2. The fourth-order valence-electron chi connectivity index (χ4n) is 2.62. The van der Waals surface area contributed by atoms with Crippen molar-refractivity contribution in [2.75, 3.05) is 13.7 Å². The van der Waals surface area contributed by atoms with E-state index in [1.54, 1.807) is 5.57 Å². The zero-order valence-corrected chi connectivity index (χ0v) is 17.0. The molecule has 1 saturated carbocycles. The average Bonchev–Trinajstić information content (AvgIpc) is 2.49. The summed E-state index contributed by atoms with van der Waals surface area (Å²) >= 11 is 0. The third kappa shape index (κ3) is 7.21. The molecule has 1 aliphatic rings. The molecule has 0 N–H and O–H groups in total. The van der Waals surface area contributed by atoms with Crippen LogP contribution in [0.5, 0.6) is 0 Å². The lowest BCUT2D eigenvalue weighted by Crippen LogP contribution is -2.42. The molecule has 0 spiro atoms.